The Morgan fingerprint density at radius 1 is 1.11 bits per heavy atom. The molecule has 3 heterocycles. The van der Waals surface area contributed by atoms with Crippen molar-refractivity contribution < 1.29 is 27.5 Å². The van der Waals surface area contributed by atoms with Gasteiger partial charge in [0.25, 0.3) is 0 Å². The first-order valence-electron chi connectivity index (χ1n) is 11.1. The maximum atomic E-state index is 15.0. The van der Waals surface area contributed by atoms with Crippen LogP contribution >= 0.6 is 0 Å². The topological polar surface area (TPSA) is 85.4 Å². The van der Waals surface area contributed by atoms with Crippen molar-refractivity contribution in [3.63, 3.8) is 0 Å². The van der Waals surface area contributed by atoms with Gasteiger partial charge in [0, 0.05) is 24.5 Å². The number of hydrogen-bond donors (Lipinski definition) is 0. The van der Waals surface area contributed by atoms with Crippen LogP contribution in [-0.2, 0) is 4.74 Å². The zero-order chi connectivity index (χ0) is 24.5. The molecule has 6 nitrogen and oxygen atoms in total. The number of halogens is 2. The Bertz CT molecular complexity index is 1480. The third-order valence-electron chi connectivity index (χ3n) is 5.99. The number of benzene rings is 2. The molecule has 35 heavy (non-hydrogen) atoms. The van der Waals surface area contributed by atoms with Crippen LogP contribution in [-0.4, -0.2) is 30.1 Å². The fourth-order valence-electron chi connectivity index (χ4n) is 4.14. The number of fused-ring (bicyclic) bond motifs is 1. The molecule has 0 unspecified atom stereocenters. The molecule has 1 fully saturated rings. The van der Waals surface area contributed by atoms with Gasteiger partial charge in [0.05, 0.1) is 36.1 Å². The maximum absolute atomic E-state index is 15.0. The van der Waals surface area contributed by atoms with E-state index in [9.17, 15) is 18.8 Å². The summed E-state index contributed by atoms with van der Waals surface area (Å²) in [5.74, 6) is -0.981. The van der Waals surface area contributed by atoms with Gasteiger partial charge in [-0.2, -0.15) is 5.26 Å². The van der Waals surface area contributed by atoms with Crippen LogP contribution in [0.1, 0.15) is 35.7 Å². The smallest absolute Gasteiger partial charge is 0.164 e. The van der Waals surface area contributed by atoms with Gasteiger partial charge in [0.2, 0.25) is 0 Å². The van der Waals surface area contributed by atoms with Crippen molar-refractivity contribution in [2.24, 2.45) is 0 Å². The minimum absolute atomic E-state index is 0.0528. The fraction of sp³-hybridized carbons (Fsp3) is 0.222. The van der Waals surface area contributed by atoms with Crippen molar-refractivity contribution in [3.05, 3.63) is 71.4 Å². The van der Waals surface area contributed by atoms with E-state index in [1.165, 1.54) is 31.2 Å². The number of nitriles is 1. The highest BCUT2D eigenvalue weighted by Crippen LogP contribution is 2.37. The van der Waals surface area contributed by atoms with E-state index < -0.39 is 11.6 Å². The molecule has 8 heteroatoms. The fourth-order valence-corrected chi connectivity index (χ4v) is 4.14. The molecule has 5 rings (SSSR count). The van der Waals surface area contributed by atoms with Crippen LogP contribution in [0.4, 0.5) is 8.78 Å². The number of nitrogens with zero attached hydrogens (tertiary/aromatic N) is 2. The normalized spacial score (nSPS) is 14.1. The molecule has 4 aromatic rings. The van der Waals surface area contributed by atoms with Gasteiger partial charge in [0.1, 0.15) is 35.0 Å². The van der Waals surface area contributed by atoms with Crippen LogP contribution in [0, 0.1) is 23.0 Å². The highest BCUT2D eigenvalue weighted by molar-refractivity contribution is 5.95. The van der Waals surface area contributed by atoms with Gasteiger partial charge in [-0.1, -0.05) is 12.1 Å². The lowest BCUT2D eigenvalue weighted by Crippen LogP contribution is -2.26. The van der Waals surface area contributed by atoms with Crippen LogP contribution in [0.2, 0.25) is 0 Å². The number of carbonyl (C=O) groups is 1. The quantitative estimate of drug-likeness (QED) is 0.326. The first kappa shape index (κ1) is 22.7. The molecule has 0 radical (unpaired) electrons. The lowest BCUT2D eigenvalue weighted by molar-refractivity contribution is 0.0254. The zero-order valence-corrected chi connectivity index (χ0v) is 18.8. The van der Waals surface area contributed by atoms with Crippen molar-refractivity contribution in [2.75, 3.05) is 13.2 Å². The van der Waals surface area contributed by atoms with Gasteiger partial charge < -0.3 is 13.9 Å². The number of carbonyl (C=O) groups excluding carboxylic acids is 1. The molecule has 0 atom stereocenters. The minimum atomic E-state index is -0.646. The minimum Gasteiger partial charge on any atom is -0.489 e. The SMILES string of the molecule is CC(=O)c1ccc(-c2cc3ncc(F)c(-c4ccc(OC5CCOCC5)c(C#N)c4)c3o2)c(F)c1. The molecule has 1 aliphatic heterocycles. The zero-order valence-electron chi connectivity index (χ0n) is 18.8. The number of furan rings is 1. The number of ketones is 1. The Hall–Kier alpha value is -4.09. The summed E-state index contributed by atoms with van der Waals surface area (Å²) in [6, 6.07) is 12.5. The molecule has 0 N–H and O–H groups in total. The molecule has 0 amide bonds. The summed E-state index contributed by atoms with van der Waals surface area (Å²) in [4.78, 5) is 15.6. The number of aromatic nitrogens is 1. The van der Waals surface area contributed by atoms with Crippen LogP contribution in [0.3, 0.4) is 0 Å². The summed E-state index contributed by atoms with van der Waals surface area (Å²) in [5.41, 5.74) is 1.58. The van der Waals surface area contributed by atoms with Gasteiger partial charge in [-0.3, -0.25) is 4.79 Å². The molecule has 1 saturated heterocycles. The Balaban J connectivity index is 1.55. The lowest BCUT2D eigenvalue weighted by atomic mass is 10.0. The van der Waals surface area contributed by atoms with Crippen molar-refractivity contribution in [2.45, 2.75) is 25.9 Å². The highest BCUT2D eigenvalue weighted by Gasteiger charge is 2.21. The summed E-state index contributed by atoms with van der Waals surface area (Å²) in [7, 11) is 0. The standard InChI is InChI=1S/C27H20F2N2O4/c1-15(32)16-2-4-20(21(28)11-16)25-12-23-27(35-25)26(22(29)14-31-23)17-3-5-24(18(10-17)13-30)34-19-6-8-33-9-7-19/h2-5,10-12,14,19H,6-9H2,1H3. The Labute approximate surface area is 199 Å². The van der Waals surface area contributed by atoms with E-state index in [0.29, 0.717) is 30.0 Å². The summed E-state index contributed by atoms with van der Waals surface area (Å²) < 4.78 is 46.9. The van der Waals surface area contributed by atoms with E-state index in [2.05, 4.69) is 11.1 Å². The molecule has 0 spiro atoms. The third-order valence-corrected chi connectivity index (χ3v) is 5.99. The maximum Gasteiger partial charge on any atom is 0.164 e. The third kappa shape index (κ3) is 4.38. The molecule has 0 bridgehead atoms. The number of Topliss-reactive ketones (excluding diaryl/α,β-unsaturated/α-hetero) is 1. The molecule has 176 valence electrons. The Morgan fingerprint density at radius 3 is 2.63 bits per heavy atom. The Kier molecular flexibility index (Phi) is 6.01. The van der Waals surface area contributed by atoms with Gasteiger partial charge in [-0.15, -0.1) is 0 Å². The van der Waals surface area contributed by atoms with Crippen LogP contribution in [0.5, 0.6) is 5.75 Å². The molecular weight excluding hydrogens is 454 g/mol. The van der Waals surface area contributed by atoms with Crippen LogP contribution in [0.15, 0.2) is 53.1 Å². The number of hydrogen-bond acceptors (Lipinski definition) is 6. The van der Waals surface area contributed by atoms with Crippen molar-refractivity contribution >= 4 is 16.9 Å². The number of pyridine rings is 1. The lowest BCUT2D eigenvalue weighted by Gasteiger charge is -2.23. The van der Waals surface area contributed by atoms with Gasteiger partial charge in [-0.05, 0) is 36.8 Å². The van der Waals surface area contributed by atoms with Crippen LogP contribution < -0.4 is 4.74 Å². The predicted octanol–water partition coefficient (Wildman–Crippen LogP) is 6.07. The van der Waals surface area contributed by atoms with Gasteiger partial charge in [0.15, 0.2) is 17.2 Å². The van der Waals surface area contributed by atoms with Crippen molar-refractivity contribution in [3.8, 4) is 34.3 Å². The summed E-state index contributed by atoms with van der Waals surface area (Å²) in [5, 5.41) is 9.70. The first-order valence-corrected chi connectivity index (χ1v) is 11.1. The molecule has 0 saturated carbocycles. The van der Waals surface area contributed by atoms with E-state index in [1.807, 2.05) is 0 Å². The van der Waals surface area contributed by atoms with Crippen LogP contribution in [0.25, 0.3) is 33.6 Å². The molecular formula is C27H20F2N2O4. The molecule has 0 aliphatic carbocycles. The molecule has 1 aliphatic rings. The second kappa shape index (κ2) is 9.28. The van der Waals surface area contributed by atoms with Crippen molar-refractivity contribution in [1.82, 2.24) is 4.98 Å². The summed E-state index contributed by atoms with van der Waals surface area (Å²) >= 11 is 0. The largest absolute Gasteiger partial charge is 0.489 e. The second-order valence-corrected chi connectivity index (χ2v) is 8.31. The average molecular weight is 474 g/mol. The number of rotatable bonds is 5. The van der Waals surface area contributed by atoms with E-state index in [1.54, 1.807) is 12.1 Å². The summed E-state index contributed by atoms with van der Waals surface area (Å²) in [6.45, 7) is 2.55. The highest BCUT2D eigenvalue weighted by atomic mass is 19.1. The van der Waals surface area contributed by atoms with E-state index in [4.69, 9.17) is 13.9 Å². The molecule has 2 aromatic heterocycles. The van der Waals surface area contributed by atoms with E-state index in [0.717, 1.165) is 25.1 Å². The summed E-state index contributed by atoms with van der Waals surface area (Å²) in [6.07, 6.45) is 2.46. The van der Waals surface area contributed by atoms with Gasteiger partial charge >= 0.3 is 0 Å². The Morgan fingerprint density at radius 2 is 1.91 bits per heavy atom. The second-order valence-electron chi connectivity index (χ2n) is 8.31. The first-order chi connectivity index (χ1) is 16.9. The van der Waals surface area contributed by atoms with E-state index >= 15 is 0 Å². The monoisotopic (exact) mass is 474 g/mol. The number of ether oxygens (including phenoxy) is 2. The van der Waals surface area contributed by atoms with Gasteiger partial charge in [-0.25, -0.2) is 13.8 Å². The molecule has 2 aromatic carbocycles. The average Bonchev–Trinajstić information content (AvgIpc) is 3.29. The van der Waals surface area contributed by atoms with E-state index in [-0.39, 0.29) is 45.5 Å². The van der Waals surface area contributed by atoms with Crippen molar-refractivity contribution in [1.29, 1.82) is 5.26 Å². The predicted molar refractivity (Wildman–Crippen MR) is 124 cm³/mol.